The standard InChI is InChI=1S/C9H16N2O/c1-7(2)5-9-10-6-8(11-9)3-4-12/h6-7,12H,3-5H2,1-2H3,(H,10,11). The number of aliphatic hydroxyl groups excluding tert-OH is 1. The third-order valence-corrected chi connectivity index (χ3v) is 1.66. The fraction of sp³-hybridized carbons (Fsp3) is 0.667. The predicted molar refractivity (Wildman–Crippen MR) is 47.9 cm³/mol. The lowest BCUT2D eigenvalue weighted by Crippen LogP contribution is -1.97. The first-order chi connectivity index (χ1) is 5.72. The Hall–Kier alpha value is -0.830. The molecule has 1 aromatic heterocycles. The molecule has 0 fully saturated rings. The number of hydrogen-bond donors (Lipinski definition) is 2. The highest BCUT2D eigenvalue weighted by Crippen LogP contribution is 2.04. The maximum Gasteiger partial charge on any atom is 0.106 e. The van der Waals surface area contributed by atoms with Crippen LogP contribution in [0.4, 0.5) is 0 Å². The molecule has 0 saturated carbocycles. The maximum absolute atomic E-state index is 8.66. The van der Waals surface area contributed by atoms with Crippen LogP contribution in [-0.2, 0) is 12.8 Å². The minimum Gasteiger partial charge on any atom is -0.396 e. The summed E-state index contributed by atoms with van der Waals surface area (Å²) >= 11 is 0. The highest BCUT2D eigenvalue weighted by molar-refractivity contribution is 5.01. The van der Waals surface area contributed by atoms with Gasteiger partial charge < -0.3 is 10.1 Å². The Balaban J connectivity index is 2.52. The summed E-state index contributed by atoms with van der Waals surface area (Å²) in [5.41, 5.74) is 1.02. The van der Waals surface area contributed by atoms with E-state index >= 15 is 0 Å². The third kappa shape index (κ3) is 2.66. The summed E-state index contributed by atoms with van der Waals surface area (Å²) in [6, 6.07) is 0. The lowest BCUT2D eigenvalue weighted by Gasteiger charge is -1.99. The molecular weight excluding hydrogens is 152 g/mol. The average molecular weight is 168 g/mol. The van der Waals surface area contributed by atoms with Crippen molar-refractivity contribution in [2.24, 2.45) is 5.92 Å². The van der Waals surface area contributed by atoms with Crippen LogP contribution in [0.3, 0.4) is 0 Å². The van der Waals surface area contributed by atoms with Crippen LogP contribution < -0.4 is 0 Å². The Morgan fingerprint density at radius 3 is 2.92 bits per heavy atom. The van der Waals surface area contributed by atoms with Gasteiger partial charge in [-0.25, -0.2) is 4.98 Å². The fourth-order valence-electron chi connectivity index (χ4n) is 1.14. The average Bonchev–Trinajstić information content (AvgIpc) is 2.36. The number of hydrogen-bond acceptors (Lipinski definition) is 2. The molecule has 1 heterocycles. The summed E-state index contributed by atoms with van der Waals surface area (Å²) < 4.78 is 0. The number of nitrogens with one attached hydrogen (secondary N) is 1. The molecule has 0 atom stereocenters. The van der Waals surface area contributed by atoms with Gasteiger partial charge in [0.2, 0.25) is 0 Å². The molecule has 3 heteroatoms. The van der Waals surface area contributed by atoms with Crippen molar-refractivity contribution in [1.29, 1.82) is 0 Å². The van der Waals surface area contributed by atoms with Gasteiger partial charge in [-0.05, 0) is 5.92 Å². The van der Waals surface area contributed by atoms with Crippen molar-refractivity contribution in [2.45, 2.75) is 26.7 Å². The van der Waals surface area contributed by atoms with Crippen LogP contribution in [0.15, 0.2) is 6.20 Å². The number of rotatable bonds is 4. The topological polar surface area (TPSA) is 48.9 Å². The van der Waals surface area contributed by atoms with Gasteiger partial charge in [-0.15, -0.1) is 0 Å². The molecule has 2 N–H and O–H groups in total. The molecular formula is C9H16N2O. The number of aromatic nitrogens is 2. The van der Waals surface area contributed by atoms with Gasteiger partial charge in [-0.2, -0.15) is 0 Å². The van der Waals surface area contributed by atoms with Crippen LogP contribution in [0.5, 0.6) is 0 Å². The summed E-state index contributed by atoms with van der Waals surface area (Å²) in [4.78, 5) is 7.38. The Kier molecular flexibility index (Phi) is 3.29. The van der Waals surface area contributed by atoms with E-state index in [4.69, 9.17) is 5.11 Å². The van der Waals surface area contributed by atoms with E-state index in [1.807, 2.05) is 0 Å². The largest absolute Gasteiger partial charge is 0.396 e. The molecule has 0 amide bonds. The van der Waals surface area contributed by atoms with Crippen molar-refractivity contribution in [3.8, 4) is 0 Å². The molecule has 0 aliphatic heterocycles. The molecule has 1 aromatic rings. The van der Waals surface area contributed by atoms with E-state index in [2.05, 4.69) is 23.8 Å². The second-order valence-electron chi connectivity index (χ2n) is 3.43. The zero-order chi connectivity index (χ0) is 8.97. The predicted octanol–water partition coefficient (Wildman–Crippen LogP) is 1.14. The summed E-state index contributed by atoms with van der Waals surface area (Å²) in [5.74, 6) is 1.64. The highest BCUT2D eigenvalue weighted by atomic mass is 16.3. The first-order valence-electron chi connectivity index (χ1n) is 4.36. The molecule has 0 aliphatic rings. The van der Waals surface area contributed by atoms with Crippen LogP contribution in [0.2, 0.25) is 0 Å². The van der Waals surface area contributed by atoms with Gasteiger partial charge in [0.25, 0.3) is 0 Å². The molecule has 0 unspecified atom stereocenters. The molecule has 0 aliphatic carbocycles. The first-order valence-corrected chi connectivity index (χ1v) is 4.36. The van der Waals surface area contributed by atoms with Crippen LogP contribution >= 0.6 is 0 Å². The Labute approximate surface area is 72.8 Å². The van der Waals surface area contributed by atoms with E-state index in [1.165, 1.54) is 0 Å². The minimum absolute atomic E-state index is 0.184. The molecule has 0 bridgehead atoms. The van der Waals surface area contributed by atoms with Crippen LogP contribution in [-0.4, -0.2) is 21.7 Å². The molecule has 68 valence electrons. The first kappa shape index (κ1) is 9.26. The summed E-state index contributed by atoms with van der Waals surface area (Å²) in [7, 11) is 0. The second-order valence-corrected chi connectivity index (χ2v) is 3.43. The van der Waals surface area contributed by atoms with Gasteiger partial charge in [-0.1, -0.05) is 13.8 Å². The van der Waals surface area contributed by atoms with Crippen LogP contribution in [0.25, 0.3) is 0 Å². The second kappa shape index (κ2) is 4.26. The van der Waals surface area contributed by atoms with E-state index in [0.29, 0.717) is 12.3 Å². The Morgan fingerprint density at radius 2 is 2.33 bits per heavy atom. The summed E-state index contributed by atoms with van der Waals surface area (Å²) in [6.07, 6.45) is 3.45. The highest BCUT2D eigenvalue weighted by Gasteiger charge is 2.01. The Morgan fingerprint density at radius 1 is 1.58 bits per heavy atom. The van der Waals surface area contributed by atoms with E-state index in [1.54, 1.807) is 6.20 Å². The fourth-order valence-corrected chi connectivity index (χ4v) is 1.14. The molecule has 3 nitrogen and oxygen atoms in total. The number of H-pyrrole nitrogens is 1. The van der Waals surface area contributed by atoms with Crippen LogP contribution in [0, 0.1) is 5.92 Å². The summed E-state index contributed by atoms with van der Waals surface area (Å²) in [6.45, 7) is 4.51. The van der Waals surface area contributed by atoms with Crippen molar-refractivity contribution in [3.63, 3.8) is 0 Å². The summed E-state index contributed by atoms with van der Waals surface area (Å²) in [5, 5.41) is 8.66. The third-order valence-electron chi connectivity index (χ3n) is 1.66. The van der Waals surface area contributed by atoms with Crippen molar-refractivity contribution in [1.82, 2.24) is 9.97 Å². The van der Waals surface area contributed by atoms with E-state index in [-0.39, 0.29) is 6.61 Å². The van der Waals surface area contributed by atoms with Gasteiger partial charge in [0.15, 0.2) is 0 Å². The van der Waals surface area contributed by atoms with Crippen molar-refractivity contribution in [3.05, 3.63) is 17.7 Å². The van der Waals surface area contributed by atoms with Crippen LogP contribution in [0.1, 0.15) is 25.4 Å². The quantitative estimate of drug-likeness (QED) is 0.708. The minimum atomic E-state index is 0.184. The molecule has 0 spiro atoms. The molecule has 12 heavy (non-hydrogen) atoms. The van der Waals surface area contributed by atoms with Gasteiger partial charge >= 0.3 is 0 Å². The molecule has 0 radical (unpaired) electrons. The van der Waals surface area contributed by atoms with Crippen molar-refractivity contribution >= 4 is 0 Å². The molecule has 1 rings (SSSR count). The van der Waals surface area contributed by atoms with Gasteiger partial charge in [0.05, 0.1) is 0 Å². The van der Waals surface area contributed by atoms with E-state index in [9.17, 15) is 0 Å². The molecule has 0 saturated heterocycles. The van der Waals surface area contributed by atoms with Crippen molar-refractivity contribution < 1.29 is 5.11 Å². The van der Waals surface area contributed by atoms with Gasteiger partial charge in [0.1, 0.15) is 5.82 Å². The SMILES string of the molecule is CC(C)Cc1ncc(CCO)[nH]1. The number of aliphatic hydroxyl groups is 1. The van der Waals surface area contributed by atoms with E-state index in [0.717, 1.165) is 17.9 Å². The smallest absolute Gasteiger partial charge is 0.106 e. The van der Waals surface area contributed by atoms with Gasteiger partial charge in [0, 0.05) is 31.3 Å². The Bertz CT molecular complexity index is 230. The number of imidazole rings is 1. The number of aromatic amines is 1. The maximum atomic E-state index is 8.66. The van der Waals surface area contributed by atoms with Gasteiger partial charge in [-0.3, -0.25) is 0 Å². The lowest BCUT2D eigenvalue weighted by atomic mass is 10.1. The normalized spacial score (nSPS) is 11.0. The van der Waals surface area contributed by atoms with E-state index < -0.39 is 0 Å². The van der Waals surface area contributed by atoms with Crippen molar-refractivity contribution in [2.75, 3.05) is 6.61 Å². The zero-order valence-corrected chi connectivity index (χ0v) is 7.67. The molecule has 0 aromatic carbocycles. The zero-order valence-electron chi connectivity index (χ0n) is 7.67. The number of nitrogens with zero attached hydrogens (tertiary/aromatic N) is 1. The lowest BCUT2D eigenvalue weighted by molar-refractivity contribution is 0.298. The monoisotopic (exact) mass is 168 g/mol.